The molecule has 0 spiro atoms. The first-order valence-electron chi connectivity index (χ1n) is 10.2. The molecule has 11 heteroatoms. The van der Waals surface area contributed by atoms with Crippen LogP contribution in [0.25, 0.3) is 11.4 Å². The van der Waals surface area contributed by atoms with Crippen LogP contribution in [0.1, 0.15) is 34.8 Å². The van der Waals surface area contributed by atoms with E-state index in [1.165, 1.54) is 29.9 Å². The summed E-state index contributed by atoms with van der Waals surface area (Å²) in [5.41, 5.74) is -0.794. The van der Waals surface area contributed by atoms with Gasteiger partial charge >= 0.3 is 11.9 Å². The number of aromatic nitrogens is 3. The van der Waals surface area contributed by atoms with Crippen LogP contribution in [-0.4, -0.2) is 33.9 Å². The van der Waals surface area contributed by atoms with Crippen LogP contribution in [0.5, 0.6) is 5.75 Å². The molecule has 0 atom stereocenters. The van der Waals surface area contributed by atoms with E-state index in [2.05, 4.69) is 10.4 Å². The molecule has 0 aliphatic heterocycles. The summed E-state index contributed by atoms with van der Waals surface area (Å²) in [4.78, 5) is 25.4. The SMILES string of the molecule is COc1ccc(Cl)cc1C(=O)NCCn1nc(-c2cccc(C(F)(F)F)c2)n(C2CC2)c1=O. The second-order valence-electron chi connectivity index (χ2n) is 7.61. The number of carbonyl (C=O) groups excluding carboxylic acids is 1. The van der Waals surface area contributed by atoms with Crippen LogP contribution in [0.15, 0.2) is 47.3 Å². The van der Waals surface area contributed by atoms with Gasteiger partial charge in [-0.25, -0.2) is 9.48 Å². The molecule has 1 saturated carbocycles. The Morgan fingerprint density at radius 3 is 2.67 bits per heavy atom. The van der Waals surface area contributed by atoms with Crippen LogP contribution in [0.4, 0.5) is 13.2 Å². The number of rotatable bonds is 7. The summed E-state index contributed by atoms with van der Waals surface area (Å²) in [6.45, 7) is 0.108. The molecule has 3 aromatic rings. The molecule has 174 valence electrons. The molecule has 0 radical (unpaired) electrons. The number of hydrogen-bond donors (Lipinski definition) is 1. The monoisotopic (exact) mass is 480 g/mol. The van der Waals surface area contributed by atoms with E-state index in [0.717, 1.165) is 29.7 Å². The number of methoxy groups -OCH3 is 1. The third-order valence-electron chi connectivity index (χ3n) is 5.25. The fourth-order valence-electron chi connectivity index (χ4n) is 3.49. The Morgan fingerprint density at radius 1 is 1.24 bits per heavy atom. The summed E-state index contributed by atoms with van der Waals surface area (Å²) in [5.74, 6) is 0.0810. The minimum absolute atomic E-state index is 0.0408. The Balaban J connectivity index is 1.55. The first kappa shape index (κ1) is 22.9. The molecule has 7 nitrogen and oxygen atoms in total. The second-order valence-corrected chi connectivity index (χ2v) is 8.05. The lowest BCUT2D eigenvalue weighted by Crippen LogP contribution is -2.32. The second kappa shape index (κ2) is 8.93. The third kappa shape index (κ3) is 4.90. The zero-order chi connectivity index (χ0) is 23.8. The zero-order valence-electron chi connectivity index (χ0n) is 17.5. The average Bonchev–Trinajstić information content (AvgIpc) is 3.56. The molecule has 0 unspecified atom stereocenters. The molecule has 1 N–H and O–H groups in total. The summed E-state index contributed by atoms with van der Waals surface area (Å²) < 4.78 is 47.2. The van der Waals surface area contributed by atoms with Crippen molar-refractivity contribution in [1.29, 1.82) is 0 Å². The fraction of sp³-hybridized carbons (Fsp3) is 0.318. The van der Waals surface area contributed by atoms with Gasteiger partial charge in [-0.3, -0.25) is 9.36 Å². The van der Waals surface area contributed by atoms with Crippen molar-refractivity contribution in [3.8, 4) is 17.1 Å². The minimum Gasteiger partial charge on any atom is -0.496 e. The van der Waals surface area contributed by atoms with E-state index in [0.29, 0.717) is 10.8 Å². The van der Waals surface area contributed by atoms with E-state index >= 15 is 0 Å². The van der Waals surface area contributed by atoms with Crippen LogP contribution in [0.3, 0.4) is 0 Å². The number of amides is 1. The van der Waals surface area contributed by atoms with Crippen LogP contribution in [-0.2, 0) is 12.7 Å². The van der Waals surface area contributed by atoms with Crippen molar-refractivity contribution in [2.75, 3.05) is 13.7 Å². The Morgan fingerprint density at radius 2 is 2.00 bits per heavy atom. The molecule has 2 aromatic carbocycles. The minimum atomic E-state index is -4.51. The van der Waals surface area contributed by atoms with Crippen molar-refractivity contribution in [3.63, 3.8) is 0 Å². The molecule has 1 heterocycles. The highest BCUT2D eigenvalue weighted by Crippen LogP contribution is 2.37. The summed E-state index contributed by atoms with van der Waals surface area (Å²) in [5, 5.41) is 7.33. The Labute approximate surface area is 191 Å². The summed E-state index contributed by atoms with van der Waals surface area (Å²) in [6.07, 6.45) is -3.00. The van der Waals surface area contributed by atoms with Gasteiger partial charge in [-0.05, 0) is 43.2 Å². The van der Waals surface area contributed by atoms with Crippen molar-refractivity contribution in [2.45, 2.75) is 31.6 Å². The van der Waals surface area contributed by atoms with Gasteiger partial charge < -0.3 is 10.1 Å². The normalized spacial score (nSPS) is 13.7. The predicted octanol–water partition coefficient (Wildman–Crippen LogP) is 4.16. The molecule has 0 bridgehead atoms. The average molecular weight is 481 g/mol. The molecule has 1 amide bonds. The number of halogens is 4. The highest BCUT2D eigenvalue weighted by atomic mass is 35.5. The van der Waals surface area contributed by atoms with E-state index in [1.807, 2.05) is 0 Å². The van der Waals surface area contributed by atoms with Crippen LogP contribution in [0.2, 0.25) is 5.02 Å². The van der Waals surface area contributed by atoms with E-state index in [1.54, 1.807) is 12.1 Å². The van der Waals surface area contributed by atoms with Crippen LogP contribution < -0.4 is 15.7 Å². The Kier molecular flexibility index (Phi) is 6.20. The summed E-state index contributed by atoms with van der Waals surface area (Å²) >= 11 is 5.96. The maximum Gasteiger partial charge on any atom is 0.416 e. The number of hydrogen-bond acceptors (Lipinski definition) is 4. The van der Waals surface area contributed by atoms with Crippen molar-refractivity contribution in [3.05, 3.63) is 69.1 Å². The van der Waals surface area contributed by atoms with Gasteiger partial charge in [-0.15, -0.1) is 5.10 Å². The topological polar surface area (TPSA) is 78.2 Å². The summed E-state index contributed by atoms with van der Waals surface area (Å²) in [7, 11) is 1.43. The third-order valence-corrected chi connectivity index (χ3v) is 5.48. The number of nitrogens with zero attached hydrogens (tertiary/aromatic N) is 3. The Bertz CT molecular complexity index is 1250. The van der Waals surface area contributed by atoms with Crippen molar-refractivity contribution in [2.24, 2.45) is 0 Å². The van der Waals surface area contributed by atoms with Gasteiger partial charge in [0.15, 0.2) is 5.82 Å². The largest absolute Gasteiger partial charge is 0.496 e. The lowest BCUT2D eigenvalue weighted by molar-refractivity contribution is -0.137. The first-order chi connectivity index (χ1) is 15.7. The zero-order valence-corrected chi connectivity index (χ0v) is 18.3. The van der Waals surface area contributed by atoms with E-state index in [-0.39, 0.29) is 36.1 Å². The van der Waals surface area contributed by atoms with Gasteiger partial charge in [0.2, 0.25) is 0 Å². The van der Waals surface area contributed by atoms with E-state index < -0.39 is 23.3 Å². The van der Waals surface area contributed by atoms with Gasteiger partial charge in [0, 0.05) is 23.2 Å². The van der Waals surface area contributed by atoms with Gasteiger partial charge in [0.1, 0.15) is 5.75 Å². The number of benzene rings is 2. The van der Waals surface area contributed by atoms with Gasteiger partial charge in [-0.2, -0.15) is 13.2 Å². The standard InChI is InChI=1S/C22H20ClF3N4O3/c1-33-18-8-5-15(23)12-17(18)20(31)27-9-10-29-21(32)30(16-6-7-16)19(28-29)13-3-2-4-14(11-13)22(24,25)26/h2-5,8,11-12,16H,6-7,9-10H2,1H3,(H,27,31). The van der Waals surface area contributed by atoms with Crippen molar-refractivity contribution in [1.82, 2.24) is 19.7 Å². The highest BCUT2D eigenvalue weighted by molar-refractivity contribution is 6.31. The van der Waals surface area contributed by atoms with Crippen molar-refractivity contribution >= 4 is 17.5 Å². The molecule has 1 aliphatic carbocycles. The van der Waals surface area contributed by atoms with Gasteiger partial charge in [-0.1, -0.05) is 23.7 Å². The van der Waals surface area contributed by atoms with E-state index in [9.17, 15) is 22.8 Å². The number of alkyl halides is 3. The molecule has 33 heavy (non-hydrogen) atoms. The number of carbonyl (C=O) groups is 1. The number of nitrogens with one attached hydrogen (secondary N) is 1. The lowest BCUT2D eigenvalue weighted by Gasteiger charge is -2.09. The molecule has 1 fully saturated rings. The molecule has 0 saturated heterocycles. The summed E-state index contributed by atoms with van der Waals surface area (Å²) in [6, 6.07) is 9.27. The predicted molar refractivity (Wildman–Crippen MR) is 116 cm³/mol. The lowest BCUT2D eigenvalue weighted by atomic mass is 10.1. The molecule has 1 aliphatic rings. The fourth-order valence-corrected chi connectivity index (χ4v) is 3.66. The molecule has 4 rings (SSSR count). The number of ether oxygens (including phenoxy) is 1. The molecule has 1 aromatic heterocycles. The van der Waals surface area contributed by atoms with Crippen molar-refractivity contribution < 1.29 is 22.7 Å². The smallest absolute Gasteiger partial charge is 0.416 e. The van der Waals surface area contributed by atoms with Crippen LogP contribution in [0, 0.1) is 0 Å². The van der Waals surface area contributed by atoms with Gasteiger partial charge in [0.25, 0.3) is 5.91 Å². The molecular weight excluding hydrogens is 461 g/mol. The maximum atomic E-state index is 13.1. The Hall–Kier alpha value is -3.27. The highest BCUT2D eigenvalue weighted by Gasteiger charge is 2.33. The van der Waals surface area contributed by atoms with Crippen LogP contribution >= 0.6 is 11.6 Å². The van der Waals surface area contributed by atoms with Gasteiger partial charge in [0.05, 0.1) is 24.8 Å². The maximum absolute atomic E-state index is 13.1. The molecular formula is C22H20ClF3N4O3. The first-order valence-corrected chi connectivity index (χ1v) is 10.6. The van der Waals surface area contributed by atoms with E-state index in [4.69, 9.17) is 16.3 Å². The quantitative estimate of drug-likeness (QED) is 0.551.